The highest BCUT2D eigenvalue weighted by Crippen LogP contribution is 2.27. The highest BCUT2D eigenvalue weighted by Gasteiger charge is 2.30. The minimum atomic E-state index is -1.07. The molecule has 1 fully saturated rings. The van der Waals surface area contributed by atoms with Gasteiger partial charge in [0, 0.05) is 18.5 Å². The van der Waals surface area contributed by atoms with Crippen molar-refractivity contribution in [3.05, 3.63) is 35.4 Å². The van der Waals surface area contributed by atoms with E-state index >= 15 is 0 Å². The summed E-state index contributed by atoms with van der Waals surface area (Å²) in [4.78, 5) is 14.0. The van der Waals surface area contributed by atoms with Crippen LogP contribution in [0.25, 0.3) is 0 Å². The lowest BCUT2D eigenvalue weighted by Gasteiger charge is -2.37. The Kier molecular flexibility index (Phi) is 4.75. The van der Waals surface area contributed by atoms with Gasteiger partial charge in [0.2, 0.25) is 0 Å². The van der Waals surface area contributed by atoms with Gasteiger partial charge in [-0.15, -0.1) is 11.6 Å². The van der Waals surface area contributed by atoms with Crippen molar-refractivity contribution < 1.29 is 13.6 Å². The number of hydrogen-bond acceptors (Lipinski definition) is 1. The van der Waals surface area contributed by atoms with Crippen molar-refractivity contribution in [3.8, 4) is 0 Å². The predicted octanol–water partition coefficient (Wildman–Crippen LogP) is 3.59. The van der Waals surface area contributed by atoms with Crippen LogP contribution in [0.4, 0.5) is 8.78 Å². The van der Waals surface area contributed by atoms with Gasteiger partial charge in [0.05, 0.1) is 5.56 Å². The second-order valence-corrected chi connectivity index (χ2v) is 5.11. The van der Waals surface area contributed by atoms with Crippen LogP contribution in [0.3, 0.4) is 0 Å². The normalized spacial score (nSPS) is 15.1. The van der Waals surface area contributed by atoms with Crippen LogP contribution in [0.15, 0.2) is 18.2 Å². The lowest BCUT2D eigenvalue weighted by Crippen LogP contribution is -2.45. The summed E-state index contributed by atoms with van der Waals surface area (Å²) >= 11 is 5.65. The molecule has 0 bridgehead atoms. The lowest BCUT2D eigenvalue weighted by atomic mass is 9.90. The van der Waals surface area contributed by atoms with E-state index in [1.807, 2.05) is 0 Å². The van der Waals surface area contributed by atoms with Gasteiger partial charge in [-0.1, -0.05) is 6.07 Å². The van der Waals surface area contributed by atoms with Crippen molar-refractivity contribution in [1.82, 2.24) is 4.90 Å². The molecule has 0 aromatic heterocycles. The Morgan fingerprint density at radius 3 is 2.68 bits per heavy atom. The first-order valence-electron chi connectivity index (χ1n) is 6.46. The minimum Gasteiger partial charge on any atom is -0.336 e. The quantitative estimate of drug-likeness (QED) is 0.758. The Hall–Kier alpha value is -1.16. The molecule has 0 radical (unpaired) electrons. The van der Waals surface area contributed by atoms with Gasteiger partial charge < -0.3 is 4.90 Å². The van der Waals surface area contributed by atoms with E-state index in [1.54, 1.807) is 4.90 Å². The van der Waals surface area contributed by atoms with Crippen molar-refractivity contribution in [2.24, 2.45) is 0 Å². The maximum Gasteiger partial charge on any atom is 0.257 e. The molecule has 104 valence electrons. The Morgan fingerprint density at radius 1 is 1.37 bits per heavy atom. The number of amides is 1. The van der Waals surface area contributed by atoms with Gasteiger partial charge in [0.25, 0.3) is 5.91 Å². The number of rotatable bonds is 5. The maximum atomic E-state index is 13.7. The SMILES string of the molecule is O=C(c1cccc(F)c1F)N(CCCCl)C1CCC1. The third-order valence-electron chi connectivity index (χ3n) is 3.49. The Balaban J connectivity index is 2.20. The molecule has 0 saturated heterocycles. The van der Waals surface area contributed by atoms with Crippen LogP contribution < -0.4 is 0 Å². The van der Waals surface area contributed by atoms with E-state index < -0.39 is 17.5 Å². The molecule has 19 heavy (non-hydrogen) atoms. The number of alkyl halides is 1. The molecule has 1 aliphatic carbocycles. The zero-order chi connectivity index (χ0) is 13.8. The fourth-order valence-corrected chi connectivity index (χ4v) is 2.32. The fourth-order valence-electron chi connectivity index (χ4n) is 2.20. The summed E-state index contributed by atoms with van der Waals surface area (Å²) in [5, 5.41) is 0. The van der Waals surface area contributed by atoms with Gasteiger partial charge in [0.15, 0.2) is 11.6 Å². The average Bonchev–Trinajstić information content (AvgIpc) is 2.34. The first-order valence-corrected chi connectivity index (χ1v) is 6.99. The van der Waals surface area contributed by atoms with Crippen LogP contribution in [0.5, 0.6) is 0 Å². The number of halogens is 3. The minimum absolute atomic E-state index is 0.137. The molecule has 2 nitrogen and oxygen atoms in total. The van der Waals surface area contributed by atoms with Crippen LogP contribution in [-0.2, 0) is 0 Å². The van der Waals surface area contributed by atoms with Gasteiger partial charge >= 0.3 is 0 Å². The molecule has 1 aliphatic rings. The first kappa shape index (κ1) is 14.3. The molecule has 1 aromatic carbocycles. The van der Waals surface area contributed by atoms with E-state index in [-0.39, 0.29) is 11.6 Å². The summed E-state index contributed by atoms with van der Waals surface area (Å²) in [7, 11) is 0. The fraction of sp³-hybridized carbons (Fsp3) is 0.500. The predicted molar refractivity (Wildman–Crippen MR) is 70.4 cm³/mol. The summed E-state index contributed by atoms with van der Waals surface area (Å²) in [5.41, 5.74) is -0.193. The molecule has 1 aromatic rings. The molecule has 1 saturated carbocycles. The highest BCUT2D eigenvalue weighted by atomic mass is 35.5. The van der Waals surface area contributed by atoms with Crippen molar-refractivity contribution in [1.29, 1.82) is 0 Å². The number of hydrogen-bond donors (Lipinski definition) is 0. The zero-order valence-corrected chi connectivity index (χ0v) is 11.3. The van der Waals surface area contributed by atoms with Gasteiger partial charge in [-0.2, -0.15) is 0 Å². The molecule has 0 aliphatic heterocycles. The number of nitrogens with zero attached hydrogens (tertiary/aromatic N) is 1. The molecule has 1 amide bonds. The van der Waals surface area contributed by atoms with E-state index in [2.05, 4.69) is 0 Å². The largest absolute Gasteiger partial charge is 0.336 e. The van der Waals surface area contributed by atoms with E-state index in [0.29, 0.717) is 18.8 Å². The molecular weight excluding hydrogens is 272 g/mol. The smallest absolute Gasteiger partial charge is 0.257 e. The van der Waals surface area contributed by atoms with Crippen molar-refractivity contribution in [2.75, 3.05) is 12.4 Å². The van der Waals surface area contributed by atoms with Gasteiger partial charge in [-0.05, 0) is 37.8 Å². The molecule has 0 N–H and O–H groups in total. The van der Waals surface area contributed by atoms with Crippen molar-refractivity contribution in [2.45, 2.75) is 31.7 Å². The molecule has 0 unspecified atom stereocenters. The highest BCUT2D eigenvalue weighted by molar-refractivity contribution is 6.17. The Bertz CT molecular complexity index is 463. The first-order chi connectivity index (χ1) is 9.15. The Morgan fingerprint density at radius 2 is 2.11 bits per heavy atom. The summed E-state index contributed by atoms with van der Waals surface area (Å²) in [5.74, 6) is -2.05. The van der Waals surface area contributed by atoms with Crippen LogP contribution >= 0.6 is 11.6 Å². The summed E-state index contributed by atoms with van der Waals surface area (Å²) in [6, 6.07) is 3.83. The number of benzene rings is 1. The second-order valence-electron chi connectivity index (χ2n) is 4.73. The van der Waals surface area contributed by atoms with E-state index in [0.717, 1.165) is 25.3 Å². The van der Waals surface area contributed by atoms with Crippen LogP contribution in [-0.4, -0.2) is 29.3 Å². The van der Waals surface area contributed by atoms with E-state index in [4.69, 9.17) is 11.6 Å². The summed E-state index contributed by atoms with van der Waals surface area (Å²) in [6.07, 6.45) is 3.57. The lowest BCUT2D eigenvalue weighted by molar-refractivity contribution is 0.0575. The van der Waals surface area contributed by atoms with Gasteiger partial charge in [-0.3, -0.25) is 4.79 Å². The van der Waals surface area contributed by atoms with Crippen LogP contribution in [0.1, 0.15) is 36.0 Å². The van der Waals surface area contributed by atoms with Crippen molar-refractivity contribution >= 4 is 17.5 Å². The van der Waals surface area contributed by atoms with Crippen LogP contribution in [0.2, 0.25) is 0 Å². The maximum absolute atomic E-state index is 13.7. The molecule has 0 atom stereocenters. The van der Waals surface area contributed by atoms with E-state index in [9.17, 15) is 13.6 Å². The standard InChI is InChI=1S/C14H16ClF2NO/c15-8-3-9-18(10-4-1-5-10)14(19)11-6-2-7-12(16)13(11)17/h2,6-7,10H,1,3-5,8-9H2. The molecular formula is C14H16ClF2NO. The molecule has 0 spiro atoms. The Labute approximate surface area is 116 Å². The van der Waals surface area contributed by atoms with E-state index in [1.165, 1.54) is 12.1 Å². The number of carbonyl (C=O) groups excluding carboxylic acids is 1. The van der Waals surface area contributed by atoms with Gasteiger partial charge in [0.1, 0.15) is 0 Å². The molecule has 2 rings (SSSR count). The van der Waals surface area contributed by atoms with Crippen molar-refractivity contribution in [3.63, 3.8) is 0 Å². The third kappa shape index (κ3) is 3.06. The summed E-state index contributed by atoms with van der Waals surface area (Å²) in [6.45, 7) is 0.489. The zero-order valence-electron chi connectivity index (χ0n) is 10.5. The average molecular weight is 288 g/mol. The van der Waals surface area contributed by atoms with Gasteiger partial charge in [-0.25, -0.2) is 8.78 Å². The summed E-state index contributed by atoms with van der Waals surface area (Å²) < 4.78 is 26.9. The monoisotopic (exact) mass is 287 g/mol. The van der Waals surface area contributed by atoms with Crippen LogP contribution in [0, 0.1) is 11.6 Å². The second kappa shape index (κ2) is 6.33. The molecule has 5 heteroatoms. The number of carbonyl (C=O) groups is 1. The molecule has 0 heterocycles. The third-order valence-corrected chi connectivity index (χ3v) is 3.76. The topological polar surface area (TPSA) is 20.3 Å².